The number of hydrogen-bond donors (Lipinski definition) is 1. The van der Waals surface area contributed by atoms with Crippen LogP contribution in [0.4, 0.5) is 0 Å². The summed E-state index contributed by atoms with van der Waals surface area (Å²) in [5.41, 5.74) is 0. The van der Waals surface area contributed by atoms with Gasteiger partial charge >= 0.3 is 5.97 Å². The Morgan fingerprint density at radius 3 is 2.55 bits per heavy atom. The molecule has 0 spiro atoms. The van der Waals surface area contributed by atoms with E-state index in [1.807, 2.05) is 6.08 Å². The first-order valence-electron chi connectivity index (χ1n) is 8.72. The van der Waals surface area contributed by atoms with Gasteiger partial charge in [-0.15, -0.1) is 0 Å². The molecule has 1 aliphatic carbocycles. The van der Waals surface area contributed by atoms with E-state index in [0.717, 1.165) is 38.4 Å². The van der Waals surface area contributed by atoms with Gasteiger partial charge in [0.05, 0.1) is 0 Å². The minimum Gasteiger partial charge on any atom is -0.481 e. The minimum atomic E-state index is -0.730. The molecule has 0 radical (unpaired) electrons. The molecule has 22 heavy (non-hydrogen) atoms. The highest BCUT2D eigenvalue weighted by molar-refractivity contribution is 5.66. The fourth-order valence-corrected chi connectivity index (χ4v) is 3.01. The lowest BCUT2D eigenvalue weighted by atomic mass is 9.88. The number of unbranched alkanes of at least 4 members (excludes halogenated alkanes) is 5. The van der Waals surface area contributed by atoms with Crippen LogP contribution in [0.3, 0.4) is 0 Å². The van der Waals surface area contributed by atoms with Gasteiger partial charge in [0.1, 0.15) is 6.29 Å². The Morgan fingerprint density at radius 1 is 1.14 bits per heavy atom. The van der Waals surface area contributed by atoms with Crippen LogP contribution in [-0.4, -0.2) is 17.4 Å². The summed E-state index contributed by atoms with van der Waals surface area (Å²) in [4.78, 5) is 21.5. The number of hydrogen-bond acceptors (Lipinski definition) is 2. The number of carbonyl (C=O) groups is 2. The summed E-state index contributed by atoms with van der Waals surface area (Å²) >= 11 is 0. The molecule has 3 heteroatoms. The summed E-state index contributed by atoms with van der Waals surface area (Å²) in [5.74, 6) is -0.00395. The Morgan fingerprint density at radius 2 is 1.86 bits per heavy atom. The second kappa shape index (κ2) is 12.2. The molecule has 1 aliphatic rings. The zero-order valence-electron chi connectivity index (χ0n) is 13.6. The van der Waals surface area contributed by atoms with E-state index in [1.165, 1.54) is 25.7 Å². The molecule has 0 bridgehead atoms. The highest BCUT2D eigenvalue weighted by Gasteiger charge is 2.20. The third-order valence-electron chi connectivity index (χ3n) is 4.37. The first kappa shape index (κ1) is 18.7. The van der Waals surface area contributed by atoms with Crippen LogP contribution in [0, 0.1) is 11.8 Å². The van der Waals surface area contributed by atoms with Crippen molar-refractivity contribution in [2.75, 3.05) is 0 Å². The quantitative estimate of drug-likeness (QED) is 0.298. The molecular weight excluding hydrogens is 276 g/mol. The van der Waals surface area contributed by atoms with Crippen LogP contribution in [0.2, 0.25) is 0 Å². The van der Waals surface area contributed by atoms with Crippen molar-refractivity contribution in [1.82, 2.24) is 0 Å². The van der Waals surface area contributed by atoms with Crippen LogP contribution >= 0.6 is 0 Å². The molecule has 0 aromatic heterocycles. The molecule has 2 atom stereocenters. The van der Waals surface area contributed by atoms with Crippen molar-refractivity contribution >= 4 is 12.3 Å². The van der Waals surface area contributed by atoms with Gasteiger partial charge in [0.25, 0.3) is 0 Å². The lowest BCUT2D eigenvalue weighted by Gasteiger charge is -2.15. The predicted molar refractivity (Wildman–Crippen MR) is 89.7 cm³/mol. The van der Waals surface area contributed by atoms with Crippen molar-refractivity contribution in [3.8, 4) is 0 Å². The van der Waals surface area contributed by atoms with Crippen LogP contribution in [0.25, 0.3) is 0 Å². The Kier molecular flexibility index (Phi) is 10.3. The maximum atomic E-state index is 11.1. The largest absolute Gasteiger partial charge is 0.481 e. The van der Waals surface area contributed by atoms with Gasteiger partial charge in [0.15, 0.2) is 0 Å². The van der Waals surface area contributed by atoms with Crippen molar-refractivity contribution in [3.63, 3.8) is 0 Å². The molecular formula is C19H30O3. The molecule has 0 fully saturated rings. The number of carboxylic acids is 1. The number of carboxylic acid groups (broad SMARTS) is 1. The standard InChI is InChI=1S/C19H30O3/c20-16-18(17-12-10-11-13-17)14-8-6-4-2-1-3-5-7-9-15-19(21)22/h5,7,10,12,16-18H,1-4,6,8-9,11,13-15H2,(H,21,22). The molecule has 2 unspecified atom stereocenters. The maximum absolute atomic E-state index is 11.1. The van der Waals surface area contributed by atoms with Gasteiger partial charge in [-0.1, -0.05) is 50.0 Å². The Hall–Kier alpha value is -1.38. The Bertz CT molecular complexity index is 371. The number of allylic oxidation sites excluding steroid dienone is 4. The third-order valence-corrected chi connectivity index (χ3v) is 4.37. The monoisotopic (exact) mass is 306 g/mol. The summed E-state index contributed by atoms with van der Waals surface area (Å²) in [6, 6.07) is 0. The molecule has 0 saturated heterocycles. The molecule has 0 aromatic carbocycles. The van der Waals surface area contributed by atoms with Crippen molar-refractivity contribution < 1.29 is 14.7 Å². The van der Waals surface area contributed by atoms with Gasteiger partial charge in [0, 0.05) is 12.3 Å². The summed E-state index contributed by atoms with van der Waals surface area (Å²) in [5, 5.41) is 8.50. The summed E-state index contributed by atoms with van der Waals surface area (Å²) in [6.07, 6.45) is 20.9. The van der Waals surface area contributed by atoms with Crippen molar-refractivity contribution in [3.05, 3.63) is 24.3 Å². The lowest BCUT2D eigenvalue weighted by Crippen LogP contribution is -2.12. The fourth-order valence-electron chi connectivity index (χ4n) is 3.01. The molecule has 0 aromatic rings. The van der Waals surface area contributed by atoms with E-state index in [-0.39, 0.29) is 12.3 Å². The fraction of sp³-hybridized carbons (Fsp3) is 0.684. The van der Waals surface area contributed by atoms with Crippen LogP contribution in [0.15, 0.2) is 24.3 Å². The Labute approximate surface area is 134 Å². The minimum absolute atomic E-state index is 0.227. The second-order valence-electron chi connectivity index (χ2n) is 6.22. The predicted octanol–water partition coefficient (Wildman–Crippen LogP) is 4.92. The van der Waals surface area contributed by atoms with Gasteiger partial charge in [-0.25, -0.2) is 0 Å². The Balaban J connectivity index is 1.91. The van der Waals surface area contributed by atoms with Gasteiger partial charge in [-0.3, -0.25) is 4.79 Å². The molecule has 0 aliphatic heterocycles. The highest BCUT2D eigenvalue weighted by atomic mass is 16.4. The molecule has 0 saturated carbocycles. The molecule has 1 N–H and O–H groups in total. The van der Waals surface area contributed by atoms with Crippen LogP contribution in [-0.2, 0) is 9.59 Å². The maximum Gasteiger partial charge on any atom is 0.303 e. The number of rotatable bonds is 13. The molecule has 0 amide bonds. The van der Waals surface area contributed by atoms with E-state index in [9.17, 15) is 9.59 Å². The van der Waals surface area contributed by atoms with E-state index >= 15 is 0 Å². The summed E-state index contributed by atoms with van der Waals surface area (Å²) in [7, 11) is 0. The smallest absolute Gasteiger partial charge is 0.303 e. The average Bonchev–Trinajstić information content (AvgIpc) is 3.02. The SMILES string of the molecule is O=CC(CCCCCCCC=CCCC(=O)O)C1C=CCC1. The first-order valence-corrected chi connectivity index (χ1v) is 8.72. The van der Waals surface area contributed by atoms with Crippen LogP contribution < -0.4 is 0 Å². The van der Waals surface area contributed by atoms with E-state index in [1.54, 1.807) is 0 Å². The molecule has 1 rings (SSSR count). The van der Waals surface area contributed by atoms with E-state index in [4.69, 9.17) is 5.11 Å². The zero-order chi connectivity index (χ0) is 16.0. The number of carbonyl (C=O) groups excluding carboxylic acids is 1. The summed E-state index contributed by atoms with van der Waals surface area (Å²) in [6.45, 7) is 0. The van der Waals surface area contributed by atoms with Crippen LogP contribution in [0.1, 0.15) is 70.6 Å². The molecule has 3 nitrogen and oxygen atoms in total. The van der Waals surface area contributed by atoms with Crippen molar-refractivity contribution in [1.29, 1.82) is 0 Å². The zero-order valence-corrected chi connectivity index (χ0v) is 13.6. The molecule has 0 heterocycles. The summed E-state index contributed by atoms with van der Waals surface area (Å²) < 4.78 is 0. The second-order valence-corrected chi connectivity index (χ2v) is 6.22. The topological polar surface area (TPSA) is 54.4 Å². The van der Waals surface area contributed by atoms with Crippen molar-refractivity contribution in [2.45, 2.75) is 70.6 Å². The van der Waals surface area contributed by atoms with Crippen LogP contribution in [0.5, 0.6) is 0 Å². The first-order chi connectivity index (χ1) is 10.7. The molecule has 124 valence electrons. The number of aliphatic carboxylic acids is 1. The van der Waals surface area contributed by atoms with E-state index in [2.05, 4.69) is 18.2 Å². The lowest BCUT2D eigenvalue weighted by molar-refractivity contribution is -0.136. The van der Waals surface area contributed by atoms with E-state index in [0.29, 0.717) is 12.3 Å². The normalized spacial score (nSPS) is 18.8. The average molecular weight is 306 g/mol. The van der Waals surface area contributed by atoms with Crippen molar-refractivity contribution in [2.24, 2.45) is 11.8 Å². The van der Waals surface area contributed by atoms with Gasteiger partial charge in [-0.2, -0.15) is 0 Å². The van der Waals surface area contributed by atoms with Gasteiger partial charge in [0.2, 0.25) is 0 Å². The third kappa shape index (κ3) is 8.81. The van der Waals surface area contributed by atoms with Gasteiger partial charge < -0.3 is 9.90 Å². The van der Waals surface area contributed by atoms with Gasteiger partial charge in [-0.05, 0) is 44.4 Å². The highest BCUT2D eigenvalue weighted by Crippen LogP contribution is 2.27. The number of aldehydes is 1. The van der Waals surface area contributed by atoms with E-state index < -0.39 is 5.97 Å².